The average molecular weight is 455 g/mol. The first-order valence-corrected chi connectivity index (χ1v) is 11.0. The molecule has 170 valence electrons. The highest BCUT2D eigenvalue weighted by Crippen LogP contribution is 2.31. The highest BCUT2D eigenvalue weighted by atomic mass is 32.2. The molecule has 0 aromatic heterocycles. The molecule has 1 unspecified atom stereocenters. The number of hydrogen-bond donors (Lipinski definition) is 1. The Morgan fingerprint density at radius 3 is 2.23 bits per heavy atom. The highest BCUT2D eigenvalue weighted by molar-refractivity contribution is 7.90. The Kier molecular flexibility index (Phi) is 6.48. The fourth-order valence-electron chi connectivity index (χ4n) is 2.79. The molecule has 1 aliphatic heterocycles. The number of esters is 1. The molecule has 2 amide bonds. The molecule has 0 bridgehead atoms. The Morgan fingerprint density at radius 2 is 1.77 bits per heavy atom. The van der Waals surface area contributed by atoms with Crippen molar-refractivity contribution in [3.63, 3.8) is 0 Å². The van der Waals surface area contributed by atoms with Gasteiger partial charge in [-0.15, -0.1) is 0 Å². The smallest absolute Gasteiger partial charge is 0.435 e. The SMILES string of the molecule is COC(=O)CN1N=C(c2ccc(S(C)(=O)=O)cc2)C(C)(N(O)C(=O)OC(C)(C)C)C1=O. The number of carbonyl (C=O) groups is 3. The van der Waals surface area contributed by atoms with Crippen molar-refractivity contribution in [3.8, 4) is 0 Å². The van der Waals surface area contributed by atoms with Crippen molar-refractivity contribution in [1.82, 2.24) is 10.1 Å². The summed E-state index contributed by atoms with van der Waals surface area (Å²) in [6.07, 6.45) is -0.164. The summed E-state index contributed by atoms with van der Waals surface area (Å²) in [6, 6.07) is 5.36. The summed E-state index contributed by atoms with van der Waals surface area (Å²) < 4.78 is 33.2. The number of amides is 2. The van der Waals surface area contributed by atoms with Crippen LogP contribution in [0.15, 0.2) is 34.3 Å². The van der Waals surface area contributed by atoms with E-state index in [0.29, 0.717) is 0 Å². The molecule has 0 saturated heterocycles. The molecule has 1 heterocycles. The van der Waals surface area contributed by atoms with Gasteiger partial charge in [-0.3, -0.25) is 14.8 Å². The molecule has 0 saturated carbocycles. The number of nitrogens with zero attached hydrogens (tertiary/aromatic N) is 3. The summed E-state index contributed by atoms with van der Waals surface area (Å²) in [4.78, 5) is 37.3. The molecular formula is C19H25N3O8S. The Labute approximate surface area is 180 Å². The molecule has 0 aliphatic carbocycles. The standard InChI is InChI=1S/C19H25N3O8S/c1-18(2,3)30-17(25)22(26)19(4)15(20-21(16(19)24)11-14(23)29-5)12-7-9-13(10-8-12)31(6,27)28/h7-10,26H,11H2,1-6H3. The first-order chi connectivity index (χ1) is 14.1. The second kappa shape index (κ2) is 8.27. The lowest BCUT2D eigenvalue weighted by Crippen LogP contribution is -2.59. The quantitative estimate of drug-likeness (QED) is 0.396. The zero-order valence-corrected chi connectivity index (χ0v) is 18.9. The third-order valence-corrected chi connectivity index (χ3v) is 5.51. The van der Waals surface area contributed by atoms with Gasteiger partial charge in [-0.2, -0.15) is 10.2 Å². The molecule has 0 fully saturated rings. The van der Waals surface area contributed by atoms with E-state index in [4.69, 9.17) is 4.74 Å². The molecule has 0 spiro atoms. The Morgan fingerprint density at radius 1 is 1.23 bits per heavy atom. The Balaban J connectivity index is 2.55. The number of carbonyl (C=O) groups excluding carboxylic acids is 3. The largest absolute Gasteiger partial charge is 0.468 e. The van der Waals surface area contributed by atoms with Crippen LogP contribution in [-0.2, 0) is 28.9 Å². The van der Waals surface area contributed by atoms with Gasteiger partial charge in [0.2, 0.25) is 0 Å². The van der Waals surface area contributed by atoms with Crippen molar-refractivity contribution in [1.29, 1.82) is 0 Å². The highest BCUT2D eigenvalue weighted by Gasteiger charge is 2.55. The number of hydroxylamine groups is 2. The number of sulfone groups is 1. The maximum Gasteiger partial charge on any atom is 0.435 e. The maximum atomic E-state index is 13.1. The van der Waals surface area contributed by atoms with Crippen LogP contribution in [0.1, 0.15) is 33.3 Å². The lowest BCUT2D eigenvalue weighted by molar-refractivity contribution is -0.165. The molecule has 1 aliphatic rings. The van der Waals surface area contributed by atoms with E-state index in [9.17, 15) is 28.0 Å². The van der Waals surface area contributed by atoms with Gasteiger partial charge < -0.3 is 9.47 Å². The third-order valence-electron chi connectivity index (χ3n) is 4.39. The lowest BCUT2D eigenvalue weighted by atomic mass is 9.90. The van der Waals surface area contributed by atoms with Crippen molar-refractivity contribution in [2.75, 3.05) is 19.9 Å². The molecular weight excluding hydrogens is 430 g/mol. The van der Waals surface area contributed by atoms with Gasteiger partial charge in [0.05, 0.1) is 12.0 Å². The van der Waals surface area contributed by atoms with Crippen molar-refractivity contribution < 1.29 is 37.5 Å². The first kappa shape index (κ1) is 24.3. The predicted octanol–water partition coefficient (Wildman–Crippen LogP) is 1.19. The maximum absolute atomic E-state index is 13.1. The summed E-state index contributed by atoms with van der Waals surface area (Å²) in [5, 5.41) is 15.6. The zero-order chi connectivity index (χ0) is 23.8. The van der Waals surface area contributed by atoms with E-state index in [0.717, 1.165) is 18.4 Å². The van der Waals surface area contributed by atoms with Gasteiger partial charge >= 0.3 is 12.1 Å². The van der Waals surface area contributed by atoms with E-state index in [1.54, 1.807) is 20.8 Å². The fourth-order valence-corrected chi connectivity index (χ4v) is 3.42. The number of ether oxygens (including phenoxy) is 2. The molecule has 1 aromatic carbocycles. The van der Waals surface area contributed by atoms with Crippen LogP contribution in [0.5, 0.6) is 0 Å². The van der Waals surface area contributed by atoms with Gasteiger partial charge in [-0.1, -0.05) is 12.1 Å². The molecule has 1 aromatic rings. The monoisotopic (exact) mass is 455 g/mol. The summed E-state index contributed by atoms with van der Waals surface area (Å²) in [7, 11) is -2.34. The molecule has 2 rings (SSSR count). The van der Waals surface area contributed by atoms with Gasteiger partial charge in [0.1, 0.15) is 17.9 Å². The van der Waals surface area contributed by atoms with E-state index in [1.807, 2.05) is 0 Å². The number of rotatable bonds is 5. The van der Waals surface area contributed by atoms with Gasteiger partial charge in [0.15, 0.2) is 15.4 Å². The van der Waals surface area contributed by atoms with Crippen molar-refractivity contribution in [3.05, 3.63) is 29.8 Å². The minimum Gasteiger partial charge on any atom is -0.468 e. The number of hydrazone groups is 1. The average Bonchev–Trinajstić information content (AvgIpc) is 2.91. The van der Waals surface area contributed by atoms with Crippen LogP contribution in [0.4, 0.5) is 4.79 Å². The molecule has 0 radical (unpaired) electrons. The molecule has 12 heteroatoms. The van der Waals surface area contributed by atoms with E-state index >= 15 is 0 Å². The van der Waals surface area contributed by atoms with Crippen molar-refractivity contribution in [2.24, 2.45) is 5.10 Å². The number of benzene rings is 1. The molecule has 31 heavy (non-hydrogen) atoms. The van der Waals surface area contributed by atoms with Crippen LogP contribution in [0.2, 0.25) is 0 Å². The topological polar surface area (TPSA) is 143 Å². The van der Waals surface area contributed by atoms with Crippen LogP contribution < -0.4 is 0 Å². The zero-order valence-electron chi connectivity index (χ0n) is 18.1. The Hall–Kier alpha value is -2.99. The third kappa shape index (κ3) is 5.02. The second-order valence-electron chi connectivity index (χ2n) is 8.05. The van der Waals surface area contributed by atoms with Crippen molar-refractivity contribution >= 4 is 33.5 Å². The van der Waals surface area contributed by atoms with E-state index < -0.39 is 45.5 Å². The summed E-state index contributed by atoms with van der Waals surface area (Å²) in [5.41, 5.74) is -2.85. The van der Waals surface area contributed by atoms with Crippen LogP contribution in [0.3, 0.4) is 0 Å². The second-order valence-corrected chi connectivity index (χ2v) is 10.1. The summed E-state index contributed by atoms with van der Waals surface area (Å²) in [5.74, 6) is -1.65. The number of hydrogen-bond acceptors (Lipinski definition) is 9. The molecule has 1 N–H and O–H groups in total. The molecule has 1 atom stereocenters. The van der Waals surface area contributed by atoms with Crippen molar-refractivity contribution in [2.45, 2.75) is 43.7 Å². The Bertz CT molecular complexity index is 1030. The van der Waals surface area contributed by atoms with E-state index in [2.05, 4.69) is 9.84 Å². The van der Waals surface area contributed by atoms with E-state index in [1.165, 1.54) is 31.2 Å². The first-order valence-electron chi connectivity index (χ1n) is 9.11. The van der Waals surface area contributed by atoms with Crippen LogP contribution >= 0.6 is 0 Å². The fraction of sp³-hybridized carbons (Fsp3) is 0.474. The minimum atomic E-state index is -3.48. The van der Waals surface area contributed by atoms with E-state index in [-0.39, 0.29) is 21.2 Å². The van der Waals surface area contributed by atoms with Crippen LogP contribution in [0, 0.1) is 0 Å². The summed E-state index contributed by atoms with van der Waals surface area (Å²) >= 11 is 0. The summed E-state index contributed by atoms with van der Waals surface area (Å²) in [6.45, 7) is 5.43. The van der Waals surface area contributed by atoms with Crippen LogP contribution in [0.25, 0.3) is 0 Å². The van der Waals surface area contributed by atoms with Gasteiger partial charge in [-0.05, 0) is 39.8 Å². The van der Waals surface area contributed by atoms with Gasteiger partial charge in [0.25, 0.3) is 5.91 Å². The van der Waals surface area contributed by atoms with Gasteiger partial charge in [-0.25, -0.2) is 18.2 Å². The predicted molar refractivity (Wildman–Crippen MR) is 108 cm³/mol. The number of methoxy groups -OCH3 is 1. The lowest BCUT2D eigenvalue weighted by Gasteiger charge is -2.33. The molecule has 11 nitrogen and oxygen atoms in total. The van der Waals surface area contributed by atoms with Crippen LogP contribution in [-0.4, -0.2) is 78.4 Å². The minimum absolute atomic E-state index is 0.0299. The van der Waals surface area contributed by atoms with Gasteiger partial charge in [0, 0.05) is 11.8 Å². The normalized spacial score (nSPS) is 19.1.